The van der Waals surface area contributed by atoms with Gasteiger partial charge in [0.1, 0.15) is 5.67 Å². The summed E-state index contributed by atoms with van der Waals surface area (Å²) in [7, 11) is -2.25. The molecule has 0 spiro atoms. The van der Waals surface area contributed by atoms with Crippen LogP contribution in [0.2, 0.25) is 0 Å². The van der Waals surface area contributed by atoms with Crippen molar-refractivity contribution in [1.29, 1.82) is 0 Å². The summed E-state index contributed by atoms with van der Waals surface area (Å²) in [6.07, 6.45) is 4.38. The first-order chi connectivity index (χ1) is 15.6. The van der Waals surface area contributed by atoms with E-state index in [2.05, 4.69) is 10.3 Å². The molecule has 0 bridgehead atoms. The van der Waals surface area contributed by atoms with E-state index in [-0.39, 0.29) is 41.5 Å². The van der Waals surface area contributed by atoms with Crippen LogP contribution in [-0.4, -0.2) is 42.9 Å². The molecule has 1 N–H and O–H groups in total. The summed E-state index contributed by atoms with van der Waals surface area (Å²) in [5, 5.41) is 3.55. The number of rotatable bonds is 7. The first kappa shape index (κ1) is 23.4. The maximum Gasteiger partial charge on any atom is 0.287 e. The lowest BCUT2D eigenvalue weighted by atomic mass is 9.89. The molecular formula is C24H28FN3O4S. The number of amides is 1. The van der Waals surface area contributed by atoms with Gasteiger partial charge < -0.3 is 9.73 Å². The zero-order valence-corrected chi connectivity index (χ0v) is 19.7. The molecule has 1 fully saturated rings. The van der Waals surface area contributed by atoms with Crippen LogP contribution in [0.25, 0.3) is 11.0 Å². The first-order valence-electron chi connectivity index (χ1n) is 10.9. The highest BCUT2D eigenvalue weighted by Gasteiger charge is 2.45. The van der Waals surface area contributed by atoms with Gasteiger partial charge in [-0.3, -0.25) is 9.78 Å². The normalized spacial score (nSPS) is 23.3. The highest BCUT2D eigenvalue weighted by Crippen LogP contribution is 2.43. The molecule has 3 unspecified atom stereocenters. The van der Waals surface area contributed by atoms with Crippen LogP contribution in [0.15, 0.2) is 58.1 Å². The number of halogens is 1. The SMILES string of the molecule is CC1CCC(C)(F)C1CN(C)S(=O)(=O)c1ccc(CNC(=O)c2cc3ccncc3o2)cc1. The van der Waals surface area contributed by atoms with Crippen LogP contribution in [0.4, 0.5) is 4.39 Å². The fourth-order valence-electron chi connectivity index (χ4n) is 4.46. The third kappa shape index (κ3) is 4.79. The molecule has 0 saturated heterocycles. The van der Waals surface area contributed by atoms with Crippen LogP contribution in [-0.2, 0) is 16.6 Å². The van der Waals surface area contributed by atoms with Crippen molar-refractivity contribution in [2.24, 2.45) is 11.8 Å². The number of fused-ring (bicyclic) bond motifs is 1. The second-order valence-electron chi connectivity index (χ2n) is 9.04. The largest absolute Gasteiger partial charge is 0.449 e. The minimum atomic E-state index is -3.75. The van der Waals surface area contributed by atoms with Gasteiger partial charge >= 0.3 is 0 Å². The average Bonchev–Trinajstić information content (AvgIpc) is 3.34. The zero-order chi connectivity index (χ0) is 23.8. The quantitative estimate of drug-likeness (QED) is 0.556. The number of hydrogen-bond acceptors (Lipinski definition) is 5. The summed E-state index contributed by atoms with van der Waals surface area (Å²) in [5.41, 5.74) is -0.0911. The fraction of sp³-hybridized carbons (Fsp3) is 0.417. The van der Waals surface area contributed by atoms with Gasteiger partial charge in [0, 0.05) is 37.6 Å². The number of pyridine rings is 1. The lowest BCUT2D eigenvalue weighted by Gasteiger charge is -2.30. The van der Waals surface area contributed by atoms with E-state index in [1.54, 1.807) is 43.6 Å². The molecule has 9 heteroatoms. The van der Waals surface area contributed by atoms with Gasteiger partial charge in [-0.2, -0.15) is 0 Å². The summed E-state index contributed by atoms with van der Waals surface area (Å²) in [6.45, 7) is 3.89. The highest BCUT2D eigenvalue weighted by molar-refractivity contribution is 7.89. The van der Waals surface area contributed by atoms with Crippen LogP contribution in [0, 0.1) is 11.8 Å². The smallest absolute Gasteiger partial charge is 0.287 e. The third-order valence-corrected chi connectivity index (χ3v) is 8.47. The monoisotopic (exact) mass is 473 g/mol. The van der Waals surface area contributed by atoms with Gasteiger partial charge in [0.05, 0.1) is 11.1 Å². The van der Waals surface area contributed by atoms with Gasteiger partial charge in [-0.05, 0) is 55.5 Å². The Morgan fingerprint density at radius 2 is 2.03 bits per heavy atom. The number of sulfonamides is 1. The van der Waals surface area contributed by atoms with E-state index in [0.29, 0.717) is 12.0 Å². The van der Waals surface area contributed by atoms with Crippen molar-refractivity contribution in [1.82, 2.24) is 14.6 Å². The topological polar surface area (TPSA) is 92.5 Å². The number of carbonyl (C=O) groups is 1. The van der Waals surface area contributed by atoms with Gasteiger partial charge in [-0.25, -0.2) is 17.1 Å². The van der Waals surface area contributed by atoms with E-state index in [1.807, 2.05) is 6.92 Å². The van der Waals surface area contributed by atoms with Gasteiger partial charge in [-0.15, -0.1) is 0 Å². The van der Waals surface area contributed by atoms with Crippen molar-refractivity contribution in [3.05, 3.63) is 60.1 Å². The maximum atomic E-state index is 14.8. The predicted octanol–water partition coefficient (Wildman–Crippen LogP) is 4.15. The molecule has 0 radical (unpaired) electrons. The molecule has 1 aromatic carbocycles. The van der Waals surface area contributed by atoms with Crippen LogP contribution >= 0.6 is 0 Å². The summed E-state index contributed by atoms with van der Waals surface area (Å²) in [4.78, 5) is 16.5. The van der Waals surface area contributed by atoms with Crippen molar-refractivity contribution in [2.75, 3.05) is 13.6 Å². The number of nitrogens with one attached hydrogen (secondary N) is 1. The molecule has 2 heterocycles. The molecule has 176 valence electrons. The molecule has 2 aromatic heterocycles. The van der Waals surface area contributed by atoms with Crippen LogP contribution < -0.4 is 5.32 Å². The molecular weight excluding hydrogens is 445 g/mol. The van der Waals surface area contributed by atoms with E-state index < -0.39 is 15.7 Å². The van der Waals surface area contributed by atoms with E-state index in [9.17, 15) is 17.6 Å². The molecule has 1 amide bonds. The number of alkyl halides is 1. The Hall–Kier alpha value is -2.78. The minimum absolute atomic E-state index is 0.131. The molecule has 1 aliphatic rings. The van der Waals surface area contributed by atoms with Gasteiger partial charge in [0.25, 0.3) is 5.91 Å². The Bertz CT molecular complexity index is 1220. The highest BCUT2D eigenvalue weighted by atomic mass is 32.2. The Morgan fingerprint density at radius 1 is 1.30 bits per heavy atom. The molecule has 1 aliphatic carbocycles. The summed E-state index contributed by atoms with van der Waals surface area (Å²) in [6, 6.07) is 9.72. The molecule has 3 aromatic rings. The lowest BCUT2D eigenvalue weighted by Crippen LogP contribution is -2.39. The van der Waals surface area contributed by atoms with Crippen molar-refractivity contribution in [3.63, 3.8) is 0 Å². The Kier molecular flexibility index (Phi) is 6.28. The predicted molar refractivity (Wildman–Crippen MR) is 123 cm³/mol. The number of carbonyl (C=O) groups excluding carboxylic acids is 1. The molecule has 3 atom stereocenters. The Balaban J connectivity index is 1.39. The maximum absolute atomic E-state index is 14.8. The number of nitrogens with zero attached hydrogens (tertiary/aromatic N) is 2. The van der Waals surface area contributed by atoms with E-state index >= 15 is 0 Å². The second-order valence-corrected chi connectivity index (χ2v) is 11.1. The number of furan rings is 1. The average molecular weight is 474 g/mol. The van der Waals surface area contributed by atoms with E-state index in [1.165, 1.54) is 23.5 Å². The standard InChI is InChI=1S/C24H28FN3O4S/c1-16-8-10-24(2,25)20(16)15-28(3)33(30,31)19-6-4-17(5-7-19)13-27-23(29)21-12-18-9-11-26-14-22(18)32-21/h4-7,9,11-12,14,16,20H,8,10,13,15H2,1-3H3,(H,27,29). The Labute approximate surface area is 193 Å². The summed E-state index contributed by atoms with van der Waals surface area (Å²) < 4.78 is 47.5. The van der Waals surface area contributed by atoms with Gasteiger partial charge in [-0.1, -0.05) is 19.1 Å². The fourth-order valence-corrected chi connectivity index (χ4v) is 5.66. The number of benzene rings is 1. The number of hydrogen-bond donors (Lipinski definition) is 1. The van der Waals surface area contributed by atoms with Crippen molar-refractivity contribution in [2.45, 2.75) is 43.8 Å². The van der Waals surface area contributed by atoms with Crippen molar-refractivity contribution < 1.29 is 22.0 Å². The molecule has 4 rings (SSSR count). The van der Waals surface area contributed by atoms with Gasteiger partial charge in [0.15, 0.2) is 11.3 Å². The van der Waals surface area contributed by atoms with Crippen LogP contribution in [0.1, 0.15) is 42.8 Å². The van der Waals surface area contributed by atoms with E-state index in [0.717, 1.165) is 17.4 Å². The van der Waals surface area contributed by atoms with Crippen LogP contribution in [0.3, 0.4) is 0 Å². The molecule has 33 heavy (non-hydrogen) atoms. The van der Waals surface area contributed by atoms with Crippen molar-refractivity contribution >= 4 is 26.9 Å². The zero-order valence-electron chi connectivity index (χ0n) is 18.9. The van der Waals surface area contributed by atoms with E-state index in [4.69, 9.17) is 4.42 Å². The Morgan fingerprint density at radius 3 is 2.67 bits per heavy atom. The molecule has 7 nitrogen and oxygen atoms in total. The molecule has 0 aliphatic heterocycles. The number of aromatic nitrogens is 1. The van der Waals surface area contributed by atoms with Crippen LogP contribution in [0.5, 0.6) is 0 Å². The van der Waals surface area contributed by atoms with Gasteiger partial charge in [0.2, 0.25) is 10.0 Å². The van der Waals surface area contributed by atoms with Crippen molar-refractivity contribution in [3.8, 4) is 0 Å². The first-order valence-corrected chi connectivity index (χ1v) is 12.4. The third-order valence-electron chi connectivity index (χ3n) is 6.63. The molecule has 1 saturated carbocycles. The summed E-state index contributed by atoms with van der Waals surface area (Å²) >= 11 is 0. The minimum Gasteiger partial charge on any atom is -0.449 e. The lowest BCUT2D eigenvalue weighted by molar-refractivity contribution is 0.0925. The summed E-state index contributed by atoms with van der Waals surface area (Å²) in [5.74, 6) is -0.394. The second kappa shape index (κ2) is 8.87.